The first-order valence-corrected chi connectivity index (χ1v) is 4.66. The molecule has 0 N–H and O–H groups in total. The predicted molar refractivity (Wildman–Crippen MR) is 53.3 cm³/mol. The van der Waals surface area contributed by atoms with Crippen LogP contribution in [0.2, 0.25) is 0 Å². The average Bonchev–Trinajstić information content (AvgIpc) is 2.16. The smallest absolute Gasteiger partial charge is 0.339 e. The van der Waals surface area contributed by atoms with Crippen LogP contribution in [0.15, 0.2) is 12.3 Å². The van der Waals surface area contributed by atoms with Gasteiger partial charge in [-0.05, 0) is 28.7 Å². The second kappa shape index (κ2) is 4.63. The first kappa shape index (κ1) is 11.3. The fourth-order valence-electron chi connectivity index (χ4n) is 0.905. The number of ether oxygens (including phenoxy) is 1. The Labute approximate surface area is 92.6 Å². The normalized spacial score (nSPS) is 10.4. The third-order valence-corrected chi connectivity index (χ3v) is 2.13. The maximum absolute atomic E-state index is 12.5. The molecule has 1 aromatic heterocycles. The van der Waals surface area contributed by atoms with E-state index in [0.29, 0.717) is 3.70 Å². The molecule has 3 nitrogen and oxygen atoms in total. The number of aromatic nitrogens is 1. The molecular weight excluding hydrogens is 307 g/mol. The largest absolute Gasteiger partial charge is 0.465 e. The van der Waals surface area contributed by atoms with Gasteiger partial charge in [0.15, 0.2) is 0 Å². The van der Waals surface area contributed by atoms with Crippen LogP contribution in [0.1, 0.15) is 22.3 Å². The fourth-order valence-corrected chi connectivity index (χ4v) is 1.38. The molecule has 0 amide bonds. The van der Waals surface area contributed by atoms with E-state index in [0.717, 1.165) is 19.4 Å². The van der Waals surface area contributed by atoms with Gasteiger partial charge in [-0.2, -0.15) is 0 Å². The van der Waals surface area contributed by atoms with E-state index in [9.17, 15) is 13.6 Å². The standard InChI is InChI=1S/C8H6F2INO2/c1-14-8(13)5-3-12-6(11)2-4(5)7(9)10/h2-3,7H,1H3. The molecule has 0 spiro atoms. The maximum Gasteiger partial charge on any atom is 0.339 e. The first-order chi connectivity index (χ1) is 6.56. The van der Waals surface area contributed by atoms with Gasteiger partial charge in [0, 0.05) is 11.8 Å². The summed E-state index contributed by atoms with van der Waals surface area (Å²) in [6.07, 6.45) is -1.62. The van der Waals surface area contributed by atoms with Gasteiger partial charge in [0.1, 0.15) is 3.70 Å². The van der Waals surface area contributed by atoms with Gasteiger partial charge in [-0.3, -0.25) is 0 Å². The predicted octanol–water partition coefficient (Wildman–Crippen LogP) is 2.41. The zero-order valence-corrected chi connectivity index (χ0v) is 9.29. The highest BCUT2D eigenvalue weighted by atomic mass is 127. The summed E-state index contributed by atoms with van der Waals surface area (Å²) in [6.45, 7) is 0. The SMILES string of the molecule is COC(=O)c1cnc(I)cc1C(F)F. The van der Waals surface area contributed by atoms with Crippen molar-refractivity contribution in [3.8, 4) is 0 Å². The third-order valence-electron chi connectivity index (χ3n) is 1.54. The van der Waals surface area contributed by atoms with Gasteiger partial charge in [-0.25, -0.2) is 18.6 Å². The molecule has 0 aromatic carbocycles. The zero-order valence-electron chi connectivity index (χ0n) is 7.13. The Kier molecular flexibility index (Phi) is 3.73. The molecule has 0 unspecified atom stereocenters. The molecule has 1 heterocycles. The van der Waals surface area contributed by atoms with Crippen molar-refractivity contribution in [1.29, 1.82) is 0 Å². The minimum absolute atomic E-state index is 0.192. The Morgan fingerprint density at radius 2 is 2.29 bits per heavy atom. The number of halogens is 3. The molecule has 14 heavy (non-hydrogen) atoms. The molecule has 0 fully saturated rings. The van der Waals surface area contributed by atoms with Crippen LogP contribution in [0.5, 0.6) is 0 Å². The van der Waals surface area contributed by atoms with Gasteiger partial charge in [0.05, 0.1) is 12.7 Å². The number of carbonyl (C=O) groups is 1. The minimum atomic E-state index is -2.71. The summed E-state index contributed by atoms with van der Waals surface area (Å²) in [5, 5.41) is 0. The van der Waals surface area contributed by atoms with Crippen molar-refractivity contribution < 1.29 is 18.3 Å². The molecule has 0 saturated heterocycles. The molecule has 6 heteroatoms. The number of alkyl halides is 2. The van der Waals surface area contributed by atoms with E-state index < -0.39 is 12.4 Å². The Bertz CT molecular complexity index is 357. The van der Waals surface area contributed by atoms with Crippen LogP contribution in [0.25, 0.3) is 0 Å². The molecule has 0 aliphatic rings. The van der Waals surface area contributed by atoms with Crippen LogP contribution < -0.4 is 0 Å². The minimum Gasteiger partial charge on any atom is -0.465 e. The fraction of sp³-hybridized carbons (Fsp3) is 0.250. The van der Waals surface area contributed by atoms with Crippen molar-refractivity contribution in [2.45, 2.75) is 6.43 Å². The number of pyridine rings is 1. The first-order valence-electron chi connectivity index (χ1n) is 3.58. The second-order valence-electron chi connectivity index (χ2n) is 2.39. The molecule has 1 rings (SSSR count). The Balaban J connectivity index is 3.21. The summed E-state index contributed by atoms with van der Waals surface area (Å²) in [5.41, 5.74) is -0.542. The van der Waals surface area contributed by atoms with Crippen LogP contribution in [0, 0.1) is 3.70 Å². The lowest BCUT2D eigenvalue weighted by molar-refractivity contribution is 0.0588. The van der Waals surface area contributed by atoms with E-state index in [4.69, 9.17) is 0 Å². The van der Waals surface area contributed by atoms with Crippen LogP contribution in [-0.4, -0.2) is 18.1 Å². The van der Waals surface area contributed by atoms with Gasteiger partial charge in [0.25, 0.3) is 6.43 Å². The van der Waals surface area contributed by atoms with Crippen molar-refractivity contribution in [3.05, 3.63) is 27.1 Å². The van der Waals surface area contributed by atoms with Crippen molar-refractivity contribution in [2.24, 2.45) is 0 Å². The molecule has 0 aliphatic carbocycles. The van der Waals surface area contributed by atoms with E-state index in [1.165, 1.54) is 0 Å². The van der Waals surface area contributed by atoms with Gasteiger partial charge in [0.2, 0.25) is 0 Å². The van der Waals surface area contributed by atoms with Crippen molar-refractivity contribution >= 4 is 28.6 Å². The van der Waals surface area contributed by atoms with Crippen LogP contribution in [-0.2, 0) is 4.74 Å². The highest BCUT2D eigenvalue weighted by Gasteiger charge is 2.19. The Hall–Kier alpha value is -0.790. The molecule has 0 radical (unpaired) electrons. The molecule has 76 valence electrons. The van der Waals surface area contributed by atoms with E-state index in [1.807, 2.05) is 0 Å². The van der Waals surface area contributed by atoms with Crippen molar-refractivity contribution in [3.63, 3.8) is 0 Å². The summed E-state index contributed by atoms with van der Waals surface area (Å²) in [6, 6.07) is 1.16. The van der Waals surface area contributed by atoms with Crippen molar-refractivity contribution in [2.75, 3.05) is 7.11 Å². The average molecular weight is 313 g/mol. The Morgan fingerprint density at radius 1 is 1.64 bits per heavy atom. The molecule has 0 aliphatic heterocycles. The lowest BCUT2D eigenvalue weighted by Crippen LogP contribution is -2.07. The zero-order chi connectivity index (χ0) is 10.7. The van der Waals surface area contributed by atoms with Crippen molar-refractivity contribution in [1.82, 2.24) is 4.98 Å². The van der Waals surface area contributed by atoms with E-state index in [1.54, 1.807) is 22.6 Å². The summed E-state index contributed by atoms with van der Waals surface area (Å²) in [4.78, 5) is 14.8. The van der Waals surface area contributed by atoms with Crippen LogP contribution in [0.3, 0.4) is 0 Å². The number of methoxy groups -OCH3 is 1. The number of hydrogen-bond donors (Lipinski definition) is 0. The van der Waals surface area contributed by atoms with Crippen LogP contribution >= 0.6 is 22.6 Å². The number of esters is 1. The quantitative estimate of drug-likeness (QED) is 0.478. The van der Waals surface area contributed by atoms with Gasteiger partial charge >= 0.3 is 5.97 Å². The van der Waals surface area contributed by atoms with Crippen LogP contribution in [0.4, 0.5) is 8.78 Å². The highest BCUT2D eigenvalue weighted by molar-refractivity contribution is 14.1. The summed E-state index contributed by atoms with van der Waals surface area (Å²) < 4.78 is 29.7. The van der Waals surface area contributed by atoms with Gasteiger partial charge in [-0.15, -0.1) is 0 Å². The number of rotatable bonds is 2. The molecule has 1 aromatic rings. The lowest BCUT2D eigenvalue weighted by atomic mass is 10.1. The number of carbonyl (C=O) groups excluding carboxylic acids is 1. The second-order valence-corrected chi connectivity index (χ2v) is 3.49. The maximum atomic E-state index is 12.5. The van der Waals surface area contributed by atoms with E-state index in [-0.39, 0.29) is 11.1 Å². The van der Waals surface area contributed by atoms with E-state index in [2.05, 4.69) is 9.72 Å². The Morgan fingerprint density at radius 3 is 2.79 bits per heavy atom. The summed E-state index contributed by atoms with van der Waals surface area (Å²) in [7, 11) is 1.13. The molecule has 0 saturated carbocycles. The molecule has 0 atom stereocenters. The van der Waals surface area contributed by atoms with Gasteiger partial charge < -0.3 is 4.74 Å². The monoisotopic (exact) mass is 313 g/mol. The highest BCUT2D eigenvalue weighted by Crippen LogP contribution is 2.24. The number of nitrogens with zero attached hydrogens (tertiary/aromatic N) is 1. The molecular formula is C8H6F2INO2. The third kappa shape index (κ3) is 2.37. The molecule has 0 bridgehead atoms. The van der Waals surface area contributed by atoms with E-state index >= 15 is 0 Å². The topological polar surface area (TPSA) is 39.2 Å². The lowest BCUT2D eigenvalue weighted by Gasteiger charge is -2.06. The summed E-state index contributed by atoms with van der Waals surface area (Å²) in [5.74, 6) is -0.802. The summed E-state index contributed by atoms with van der Waals surface area (Å²) >= 11 is 1.79. The number of hydrogen-bond acceptors (Lipinski definition) is 3. The van der Waals surface area contributed by atoms with Gasteiger partial charge in [-0.1, -0.05) is 0 Å².